The van der Waals surface area contributed by atoms with Crippen LogP contribution in [0.1, 0.15) is 12.5 Å². The van der Waals surface area contributed by atoms with Gasteiger partial charge in [0, 0.05) is 40.4 Å². The number of nitrogen functional groups attached to an aromatic ring is 1. The molecule has 0 spiro atoms. The molecule has 2 aromatic carbocycles. The second kappa shape index (κ2) is 7.98. The lowest BCUT2D eigenvalue weighted by molar-refractivity contribution is -0.137. The maximum Gasteiger partial charge on any atom is 0.259 e. The van der Waals surface area contributed by atoms with Gasteiger partial charge in [0.1, 0.15) is 17.2 Å². The summed E-state index contributed by atoms with van der Waals surface area (Å²) in [5.74, 6) is 0.132. The first-order chi connectivity index (χ1) is 15.7. The Bertz CT molecular complexity index is 1500. The number of nitrogens with two attached hydrogens (primary N) is 1. The van der Waals surface area contributed by atoms with E-state index in [1.54, 1.807) is 29.2 Å². The monoisotopic (exact) mass is 484 g/mol. The molecule has 33 heavy (non-hydrogen) atoms. The van der Waals surface area contributed by atoms with E-state index in [0.29, 0.717) is 33.8 Å². The van der Waals surface area contributed by atoms with Crippen LogP contribution in [0, 0.1) is 0 Å². The topological polar surface area (TPSA) is 125 Å². The number of nitrogens with one attached hydrogen (secondary N) is 1. The largest absolute Gasteiger partial charge is 0.383 e. The van der Waals surface area contributed by atoms with Crippen LogP contribution in [-0.2, 0) is 21.4 Å². The molecule has 0 aliphatic carbocycles. The molecule has 3 heterocycles. The highest BCUT2D eigenvalue weighted by Gasteiger charge is 2.37. The lowest BCUT2D eigenvalue weighted by atomic mass is 10.1. The van der Waals surface area contributed by atoms with E-state index in [0.717, 1.165) is 10.9 Å². The van der Waals surface area contributed by atoms with Crippen LogP contribution in [0.25, 0.3) is 21.8 Å². The molecule has 4 aromatic rings. The van der Waals surface area contributed by atoms with Crippen LogP contribution in [0.4, 0.5) is 5.82 Å². The molecule has 2 aromatic heterocycles. The zero-order valence-corrected chi connectivity index (χ0v) is 19.3. The maximum absolute atomic E-state index is 13.2. The summed E-state index contributed by atoms with van der Waals surface area (Å²) < 4.78 is 27.7. The molecule has 5 rings (SSSR count). The first kappa shape index (κ1) is 21.6. The fourth-order valence-electron chi connectivity index (χ4n) is 4.15. The van der Waals surface area contributed by atoms with E-state index in [1.165, 1.54) is 10.6 Å². The van der Waals surface area contributed by atoms with Gasteiger partial charge in [-0.3, -0.25) is 4.79 Å². The quantitative estimate of drug-likeness (QED) is 0.458. The molecule has 1 fully saturated rings. The lowest BCUT2D eigenvalue weighted by Crippen LogP contribution is -2.56. The van der Waals surface area contributed by atoms with Crippen LogP contribution in [0.5, 0.6) is 0 Å². The molecule has 1 atom stereocenters. The highest BCUT2D eigenvalue weighted by molar-refractivity contribution is 7.89. The molecule has 1 aliphatic heterocycles. The van der Waals surface area contributed by atoms with Gasteiger partial charge in [0.05, 0.1) is 12.1 Å². The first-order valence-corrected chi connectivity index (χ1v) is 12.1. The normalized spacial score (nSPS) is 17.8. The molecule has 0 saturated carbocycles. The van der Waals surface area contributed by atoms with Gasteiger partial charge in [0.15, 0.2) is 0 Å². The van der Waals surface area contributed by atoms with Crippen LogP contribution < -0.4 is 5.73 Å². The highest BCUT2D eigenvalue weighted by atomic mass is 35.5. The van der Waals surface area contributed by atoms with Gasteiger partial charge >= 0.3 is 0 Å². The molecular weight excluding hydrogens is 464 g/mol. The van der Waals surface area contributed by atoms with Crippen molar-refractivity contribution in [2.45, 2.75) is 24.5 Å². The van der Waals surface area contributed by atoms with Crippen molar-refractivity contribution in [1.29, 1.82) is 0 Å². The van der Waals surface area contributed by atoms with Crippen molar-refractivity contribution >= 4 is 55.2 Å². The van der Waals surface area contributed by atoms with Gasteiger partial charge in [-0.1, -0.05) is 17.7 Å². The Morgan fingerprint density at radius 1 is 1.18 bits per heavy atom. The number of aromatic amines is 1. The molecule has 0 bridgehead atoms. The predicted molar refractivity (Wildman–Crippen MR) is 126 cm³/mol. The number of nitrogens with zero attached hydrogens (tertiary/aromatic N) is 4. The van der Waals surface area contributed by atoms with E-state index in [-0.39, 0.29) is 30.1 Å². The molecular formula is C22H21ClN6O3S. The minimum absolute atomic E-state index is 0.0417. The van der Waals surface area contributed by atoms with Gasteiger partial charge in [-0.2, -0.15) is 4.31 Å². The Hall–Kier alpha value is -3.21. The van der Waals surface area contributed by atoms with Crippen molar-refractivity contribution in [2.75, 3.05) is 18.8 Å². The van der Waals surface area contributed by atoms with E-state index < -0.39 is 10.0 Å². The average Bonchev–Trinajstić information content (AvgIpc) is 3.20. The van der Waals surface area contributed by atoms with Gasteiger partial charge in [-0.25, -0.2) is 18.4 Å². The first-order valence-electron chi connectivity index (χ1n) is 10.3. The minimum atomic E-state index is -3.88. The summed E-state index contributed by atoms with van der Waals surface area (Å²) in [5, 5.41) is 2.00. The SMILES string of the molecule is CC1CN(S(=O)(=O)c2cc3cc(Cl)ccc3[nH]2)CC(=O)N1Cc1ccc2c(N)ncnc2c1. The molecule has 0 radical (unpaired) electrons. The van der Waals surface area contributed by atoms with Crippen LogP contribution in [0.15, 0.2) is 53.8 Å². The number of benzene rings is 2. The molecule has 1 aliphatic rings. The third-order valence-electron chi connectivity index (χ3n) is 5.89. The van der Waals surface area contributed by atoms with E-state index in [1.807, 2.05) is 25.1 Å². The molecule has 9 nitrogen and oxygen atoms in total. The van der Waals surface area contributed by atoms with Gasteiger partial charge < -0.3 is 15.6 Å². The number of fused-ring (bicyclic) bond motifs is 2. The van der Waals surface area contributed by atoms with Gasteiger partial charge in [-0.15, -0.1) is 0 Å². The zero-order chi connectivity index (χ0) is 23.3. The van der Waals surface area contributed by atoms with Gasteiger partial charge in [0.25, 0.3) is 10.0 Å². The van der Waals surface area contributed by atoms with Gasteiger partial charge in [0.2, 0.25) is 5.91 Å². The van der Waals surface area contributed by atoms with Crippen LogP contribution in [0.3, 0.4) is 0 Å². The number of hydrogen-bond donors (Lipinski definition) is 2. The fourth-order valence-corrected chi connectivity index (χ4v) is 5.81. The van der Waals surface area contributed by atoms with Crippen LogP contribution in [0.2, 0.25) is 5.02 Å². The maximum atomic E-state index is 13.2. The van der Waals surface area contributed by atoms with E-state index in [4.69, 9.17) is 17.3 Å². The van der Waals surface area contributed by atoms with Crippen molar-refractivity contribution in [3.05, 3.63) is 59.4 Å². The number of amides is 1. The standard InChI is InChI=1S/C22H21ClN6O3S/c1-13-9-28(33(31,32)20-8-15-7-16(23)3-5-18(15)27-20)11-21(30)29(13)10-14-2-4-17-19(6-14)25-12-26-22(17)24/h2-8,12-13,27H,9-11H2,1H3,(H2,24,25,26). The molecule has 3 N–H and O–H groups in total. The number of carbonyl (C=O) groups is 1. The molecule has 1 amide bonds. The number of hydrogen-bond acceptors (Lipinski definition) is 6. The average molecular weight is 485 g/mol. The summed E-state index contributed by atoms with van der Waals surface area (Å²) in [6, 6.07) is 11.9. The third kappa shape index (κ3) is 3.90. The minimum Gasteiger partial charge on any atom is -0.383 e. The van der Waals surface area contributed by atoms with Crippen molar-refractivity contribution < 1.29 is 13.2 Å². The van der Waals surface area contributed by atoms with Gasteiger partial charge in [-0.05, 0) is 48.9 Å². The second-order valence-electron chi connectivity index (χ2n) is 8.14. The smallest absolute Gasteiger partial charge is 0.259 e. The molecule has 11 heteroatoms. The number of piperazine rings is 1. The summed E-state index contributed by atoms with van der Waals surface area (Å²) in [6.07, 6.45) is 1.40. The summed E-state index contributed by atoms with van der Waals surface area (Å²) >= 11 is 6.01. The number of aromatic nitrogens is 3. The Kier molecular flexibility index (Phi) is 5.23. The molecule has 1 saturated heterocycles. The number of rotatable bonds is 4. The summed E-state index contributed by atoms with van der Waals surface area (Å²) in [7, 11) is -3.88. The van der Waals surface area contributed by atoms with Crippen LogP contribution in [-0.4, -0.2) is 57.6 Å². The second-order valence-corrected chi connectivity index (χ2v) is 10.5. The number of anilines is 1. The Morgan fingerprint density at radius 3 is 2.79 bits per heavy atom. The van der Waals surface area contributed by atoms with Crippen molar-refractivity contribution in [1.82, 2.24) is 24.2 Å². The van der Waals surface area contributed by atoms with Crippen molar-refractivity contribution in [3.63, 3.8) is 0 Å². The number of halogens is 1. The predicted octanol–water partition coefficient (Wildman–Crippen LogP) is 2.77. The number of carbonyl (C=O) groups excluding carboxylic acids is 1. The third-order valence-corrected chi connectivity index (χ3v) is 7.86. The zero-order valence-electron chi connectivity index (χ0n) is 17.7. The van der Waals surface area contributed by atoms with E-state index >= 15 is 0 Å². The summed E-state index contributed by atoms with van der Waals surface area (Å²) in [6.45, 7) is 2.14. The molecule has 1 unspecified atom stereocenters. The Labute approximate surface area is 195 Å². The lowest BCUT2D eigenvalue weighted by Gasteiger charge is -2.38. The van der Waals surface area contributed by atoms with E-state index in [9.17, 15) is 13.2 Å². The molecule has 170 valence electrons. The van der Waals surface area contributed by atoms with Crippen LogP contribution >= 0.6 is 11.6 Å². The summed E-state index contributed by atoms with van der Waals surface area (Å²) in [5.41, 5.74) is 8.12. The number of H-pyrrole nitrogens is 1. The van der Waals surface area contributed by atoms with Crippen molar-refractivity contribution in [2.24, 2.45) is 0 Å². The Morgan fingerprint density at radius 2 is 2.00 bits per heavy atom. The Balaban J connectivity index is 1.37. The number of sulfonamides is 1. The van der Waals surface area contributed by atoms with Crippen molar-refractivity contribution in [3.8, 4) is 0 Å². The summed E-state index contributed by atoms with van der Waals surface area (Å²) in [4.78, 5) is 25.8. The fraction of sp³-hybridized carbons (Fsp3) is 0.227. The highest BCUT2D eigenvalue weighted by Crippen LogP contribution is 2.27. The van der Waals surface area contributed by atoms with E-state index in [2.05, 4.69) is 15.0 Å².